The molecule has 1 fully saturated rings. The number of aromatic nitrogens is 2. The highest BCUT2D eigenvalue weighted by Gasteiger charge is 2.37. The van der Waals surface area contributed by atoms with Crippen LogP contribution in [0.5, 0.6) is 0 Å². The first-order chi connectivity index (χ1) is 14.9. The number of rotatable bonds is 5. The van der Waals surface area contributed by atoms with Crippen molar-refractivity contribution in [2.75, 3.05) is 30.8 Å². The molecule has 0 unspecified atom stereocenters. The van der Waals surface area contributed by atoms with Gasteiger partial charge in [-0.05, 0) is 25.0 Å². The van der Waals surface area contributed by atoms with Gasteiger partial charge in [0.1, 0.15) is 11.4 Å². The molecule has 162 valence electrons. The summed E-state index contributed by atoms with van der Waals surface area (Å²) in [6, 6.07) is 6.35. The molecular weight excluding hydrogens is 405 g/mol. The van der Waals surface area contributed by atoms with Crippen LogP contribution < -0.4 is 16.2 Å². The molecule has 2 aromatic rings. The number of likely N-dealkylation sites (tertiary alicyclic amines) is 1. The minimum Gasteiger partial charge on any atom is -0.453 e. The van der Waals surface area contributed by atoms with E-state index < -0.39 is 23.1 Å². The predicted octanol–water partition coefficient (Wildman–Crippen LogP) is 2.27. The normalized spacial score (nSPS) is 14.9. The smallest absolute Gasteiger partial charge is 0.409 e. The van der Waals surface area contributed by atoms with E-state index in [0.717, 1.165) is 6.07 Å². The van der Waals surface area contributed by atoms with Gasteiger partial charge in [0, 0.05) is 37.2 Å². The van der Waals surface area contributed by atoms with Crippen LogP contribution >= 0.6 is 0 Å². The SMILES string of the molecule is COC(=O)N1CCC(CC#N)(Nc2cc[nH]c(=O)c2C(=N)Nc2ccnc(F)c2)CC1. The van der Waals surface area contributed by atoms with Gasteiger partial charge < -0.3 is 25.3 Å². The molecule has 0 aliphatic carbocycles. The van der Waals surface area contributed by atoms with Gasteiger partial charge in [-0.2, -0.15) is 9.65 Å². The standard InChI is InChI=1S/C20H22FN7O3/c1-31-19(30)28-10-5-20(4-7-22,6-11-28)27-14-3-9-25-18(29)16(14)17(23)26-13-2-8-24-15(21)12-13/h2-3,8-9,12H,4-6,10-11H2,1H3,(H2,23,24,26)(H2,25,27,29). The van der Waals surface area contributed by atoms with Crippen LogP contribution in [0, 0.1) is 22.7 Å². The molecule has 11 heteroatoms. The molecule has 1 saturated heterocycles. The third kappa shape index (κ3) is 4.98. The van der Waals surface area contributed by atoms with Crippen molar-refractivity contribution in [2.24, 2.45) is 0 Å². The van der Waals surface area contributed by atoms with Gasteiger partial charge in [0.15, 0.2) is 0 Å². The van der Waals surface area contributed by atoms with Gasteiger partial charge in [0.2, 0.25) is 5.95 Å². The van der Waals surface area contributed by atoms with Gasteiger partial charge in [-0.15, -0.1) is 0 Å². The molecule has 1 aliphatic heterocycles. The fraction of sp³-hybridized carbons (Fsp3) is 0.350. The van der Waals surface area contributed by atoms with Crippen molar-refractivity contribution in [1.29, 1.82) is 10.7 Å². The number of amides is 1. The fourth-order valence-electron chi connectivity index (χ4n) is 3.55. The fourth-order valence-corrected chi connectivity index (χ4v) is 3.55. The Morgan fingerprint density at radius 1 is 1.45 bits per heavy atom. The van der Waals surface area contributed by atoms with Crippen molar-refractivity contribution in [3.8, 4) is 6.07 Å². The number of nitrogens with one attached hydrogen (secondary N) is 4. The van der Waals surface area contributed by atoms with E-state index in [1.807, 2.05) is 0 Å². The zero-order valence-electron chi connectivity index (χ0n) is 16.9. The monoisotopic (exact) mass is 427 g/mol. The largest absolute Gasteiger partial charge is 0.453 e. The van der Waals surface area contributed by atoms with Gasteiger partial charge in [0.25, 0.3) is 5.56 Å². The van der Waals surface area contributed by atoms with Crippen molar-refractivity contribution in [1.82, 2.24) is 14.9 Å². The van der Waals surface area contributed by atoms with Gasteiger partial charge in [-0.3, -0.25) is 10.2 Å². The molecule has 0 bridgehead atoms. The maximum atomic E-state index is 13.4. The van der Waals surface area contributed by atoms with Crippen LogP contribution in [0.2, 0.25) is 0 Å². The topological polar surface area (TPSA) is 147 Å². The first-order valence-corrected chi connectivity index (χ1v) is 9.55. The highest BCUT2D eigenvalue weighted by molar-refractivity contribution is 6.09. The lowest BCUT2D eigenvalue weighted by Gasteiger charge is -2.41. The minimum atomic E-state index is -0.719. The molecule has 0 aromatic carbocycles. The molecule has 2 aromatic heterocycles. The summed E-state index contributed by atoms with van der Waals surface area (Å²) in [5, 5.41) is 23.7. The van der Waals surface area contributed by atoms with E-state index in [9.17, 15) is 19.2 Å². The molecule has 0 radical (unpaired) electrons. The molecule has 0 spiro atoms. The number of carbonyl (C=O) groups is 1. The Kier molecular flexibility index (Phi) is 6.49. The molecule has 0 atom stereocenters. The number of nitrogens with zero attached hydrogens (tertiary/aromatic N) is 3. The summed E-state index contributed by atoms with van der Waals surface area (Å²) >= 11 is 0. The number of methoxy groups -OCH3 is 1. The molecule has 1 aliphatic rings. The molecule has 4 N–H and O–H groups in total. The van der Waals surface area contributed by atoms with Crippen LogP contribution in [0.4, 0.5) is 20.6 Å². The van der Waals surface area contributed by atoms with Crippen molar-refractivity contribution < 1.29 is 13.9 Å². The van der Waals surface area contributed by atoms with Crippen LogP contribution in [0.25, 0.3) is 0 Å². The average Bonchev–Trinajstić information content (AvgIpc) is 2.74. The van der Waals surface area contributed by atoms with Gasteiger partial charge in [-0.1, -0.05) is 0 Å². The Morgan fingerprint density at radius 2 is 2.19 bits per heavy atom. The van der Waals surface area contributed by atoms with E-state index in [1.54, 1.807) is 11.0 Å². The number of nitriles is 1. The number of aromatic amines is 1. The van der Waals surface area contributed by atoms with Crippen LogP contribution in [0.3, 0.4) is 0 Å². The number of hydrogen-bond acceptors (Lipinski definition) is 7. The first-order valence-electron chi connectivity index (χ1n) is 9.55. The summed E-state index contributed by atoms with van der Waals surface area (Å²) in [5.74, 6) is -0.961. The maximum absolute atomic E-state index is 13.4. The lowest BCUT2D eigenvalue weighted by atomic mass is 9.84. The number of halogens is 1. The lowest BCUT2D eigenvalue weighted by molar-refractivity contribution is 0.104. The van der Waals surface area contributed by atoms with Gasteiger partial charge in [0.05, 0.1) is 30.8 Å². The zero-order chi connectivity index (χ0) is 22.4. The highest BCUT2D eigenvalue weighted by Crippen LogP contribution is 2.31. The molecule has 31 heavy (non-hydrogen) atoms. The Morgan fingerprint density at radius 3 is 2.84 bits per heavy atom. The third-order valence-corrected chi connectivity index (χ3v) is 5.18. The third-order valence-electron chi connectivity index (χ3n) is 5.18. The minimum absolute atomic E-state index is 0.0208. The number of amidine groups is 1. The number of piperidine rings is 1. The molecule has 3 heterocycles. The van der Waals surface area contributed by atoms with Gasteiger partial charge >= 0.3 is 6.09 Å². The van der Waals surface area contributed by atoms with E-state index >= 15 is 0 Å². The highest BCUT2D eigenvalue weighted by atomic mass is 19.1. The van der Waals surface area contributed by atoms with E-state index in [-0.39, 0.29) is 23.5 Å². The van der Waals surface area contributed by atoms with Crippen molar-refractivity contribution in [3.63, 3.8) is 0 Å². The number of hydrogen-bond donors (Lipinski definition) is 4. The number of ether oxygens (including phenoxy) is 1. The van der Waals surface area contributed by atoms with E-state index in [0.29, 0.717) is 31.6 Å². The maximum Gasteiger partial charge on any atom is 0.409 e. The second kappa shape index (κ2) is 9.25. The van der Waals surface area contributed by atoms with Crippen molar-refractivity contribution >= 4 is 23.3 Å². The molecule has 1 amide bonds. The summed E-state index contributed by atoms with van der Waals surface area (Å²) in [5.41, 5.74) is -0.559. The van der Waals surface area contributed by atoms with Crippen LogP contribution in [0.1, 0.15) is 24.8 Å². The van der Waals surface area contributed by atoms with E-state index in [4.69, 9.17) is 10.1 Å². The Bertz CT molecular complexity index is 1070. The zero-order valence-corrected chi connectivity index (χ0v) is 16.9. The number of pyridine rings is 2. The molecule has 10 nitrogen and oxygen atoms in total. The second-order valence-electron chi connectivity index (χ2n) is 7.16. The first kappa shape index (κ1) is 21.8. The van der Waals surface area contributed by atoms with Crippen LogP contribution in [0.15, 0.2) is 35.4 Å². The number of anilines is 2. The molecule has 3 rings (SSSR count). The van der Waals surface area contributed by atoms with Crippen LogP contribution in [-0.2, 0) is 4.74 Å². The van der Waals surface area contributed by atoms with E-state index in [2.05, 4.69) is 26.7 Å². The number of carbonyl (C=O) groups excluding carboxylic acids is 1. The summed E-state index contributed by atoms with van der Waals surface area (Å²) in [6.07, 6.45) is 3.31. The Labute approximate surface area is 177 Å². The van der Waals surface area contributed by atoms with E-state index in [1.165, 1.54) is 25.6 Å². The average molecular weight is 427 g/mol. The van der Waals surface area contributed by atoms with Crippen molar-refractivity contribution in [2.45, 2.75) is 24.8 Å². The van der Waals surface area contributed by atoms with Crippen molar-refractivity contribution in [3.05, 3.63) is 52.5 Å². The Hall–Kier alpha value is -3.94. The Balaban J connectivity index is 1.86. The quantitative estimate of drug-likeness (QED) is 0.325. The molecular formula is C20H22FN7O3. The summed E-state index contributed by atoms with van der Waals surface area (Å²) < 4.78 is 18.1. The molecule has 0 saturated carbocycles. The van der Waals surface area contributed by atoms with Crippen LogP contribution in [-0.4, -0.2) is 52.5 Å². The predicted molar refractivity (Wildman–Crippen MR) is 112 cm³/mol. The summed E-state index contributed by atoms with van der Waals surface area (Å²) in [7, 11) is 1.31. The summed E-state index contributed by atoms with van der Waals surface area (Å²) in [6.45, 7) is 0.762. The second-order valence-corrected chi connectivity index (χ2v) is 7.16. The lowest BCUT2D eigenvalue weighted by Crippen LogP contribution is -2.51. The van der Waals surface area contributed by atoms with Gasteiger partial charge in [-0.25, -0.2) is 9.78 Å². The number of H-pyrrole nitrogens is 1. The summed E-state index contributed by atoms with van der Waals surface area (Å²) in [4.78, 5) is 31.9.